The fourth-order valence-corrected chi connectivity index (χ4v) is 2.90. The van der Waals surface area contributed by atoms with Crippen LogP contribution in [0, 0.1) is 0 Å². The minimum atomic E-state index is 0.105. The number of carbonyl (C=O) groups is 2. The van der Waals surface area contributed by atoms with Crippen molar-refractivity contribution in [3.05, 3.63) is 0 Å². The molecule has 0 aromatic heterocycles. The van der Waals surface area contributed by atoms with Crippen molar-refractivity contribution >= 4 is 11.8 Å². The zero-order chi connectivity index (χ0) is 13.0. The van der Waals surface area contributed by atoms with Crippen LogP contribution < -0.4 is 5.32 Å². The van der Waals surface area contributed by atoms with Crippen molar-refractivity contribution in [2.75, 3.05) is 32.7 Å². The maximum absolute atomic E-state index is 11.7. The molecule has 0 aliphatic carbocycles. The van der Waals surface area contributed by atoms with Gasteiger partial charge in [-0.2, -0.15) is 0 Å². The lowest BCUT2D eigenvalue weighted by Gasteiger charge is -2.36. The van der Waals surface area contributed by atoms with Gasteiger partial charge in [0.2, 0.25) is 11.8 Å². The first-order chi connectivity index (χ1) is 8.70. The molecule has 102 valence electrons. The molecule has 2 aliphatic heterocycles. The molecule has 2 amide bonds. The second kappa shape index (κ2) is 6.18. The molecule has 18 heavy (non-hydrogen) atoms. The third kappa shape index (κ3) is 3.22. The van der Waals surface area contributed by atoms with Crippen LogP contribution in [0.5, 0.6) is 0 Å². The molecule has 0 saturated carbocycles. The van der Waals surface area contributed by atoms with Crippen LogP contribution in [0.15, 0.2) is 0 Å². The van der Waals surface area contributed by atoms with E-state index in [2.05, 4.69) is 10.2 Å². The fourth-order valence-electron chi connectivity index (χ4n) is 2.90. The maximum atomic E-state index is 11.7. The number of piperidine rings is 1. The van der Waals surface area contributed by atoms with Crippen LogP contribution in [-0.2, 0) is 9.59 Å². The summed E-state index contributed by atoms with van der Waals surface area (Å²) in [7, 11) is 0. The number of likely N-dealkylation sites (N-methyl/N-ethyl adjacent to an activating group) is 1. The highest BCUT2D eigenvalue weighted by molar-refractivity contribution is 5.78. The number of likely N-dealkylation sites (tertiary alicyclic amines) is 2. The van der Waals surface area contributed by atoms with E-state index in [-0.39, 0.29) is 5.91 Å². The normalized spacial score (nSPS) is 22.5. The summed E-state index contributed by atoms with van der Waals surface area (Å²) in [5.74, 6) is 0.422. The highest BCUT2D eigenvalue weighted by Crippen LogP contribution is 2.21. The van der Waals surface area contributed by atoms with Gasteiger partial charge in [0.1, 0.15) is 0 Å². The van der Waals surface area contributed by atoms with Gasteiger partial charge in [-0.1, -0.05) is 0 Å². The molecule has 5 nitrogen and oxygen atoms in total. The smallest absolute Gasteiger partial charge is 0.234 e. The topological polar surface area (TPSA) is 52.7 Å². The zero-order valence-electron chi connectivity index (χ0n) is 11.2. The number of carbonyl (C=O) groups excluding carboxylic acids is 2. The summed E-state index contributed by atoms with van der Waals surface area (Å²) in [4.78, 5) is 27.4. The molecular weight excluding hydrogens is 230 g/mol. The minimum absolute atomic E-state index is 0.105. The molecule has 0 radical (unpaired) electrons. The lowest BCUT2D eigenvalue weighted by Crippen LogP contribution is -2.47. The molecule has 0 atom stereocenters. The number of nitrogens with one attached hydrogen (secondary N) is 1. The SMILES string of the molecule is CCNC(=O)CN1CCC(N2CCCC2=O)CC1. The van der Waals surface area contributed by atoms with Crippen molar-refractivity contribution in [3.63, 3.8) is 0 Å². The Morgan fingerprint density at radius 3 is 2.61 bits per heavy atom. The first-order valence-corrected chi connectivity index (χ1v) is 6.99. The van der Waals surface area contributed by atoms with Gasteiger partial charge in [0, 0.05) is 38.6 Å². The van der Waals surface area contributed by atoms with Gasteiger partial charge in [0.25, 0.3) is 0 Å². The Kier molecular flexibility index (Phi) is 4.58. The first kappa shape index (κ1) is 13.3. The second-order valence-electron chi connectivity index (χ2n) is 5.15. The Labute approximate surface area is 108 Å². The van der Waals surface area contributed by atoms with Crippen LogP contribution in [0.1, 0.15) is 32.6 Å². The van der Waals surface area contributed by atoms with E-state index in [0.717, 1.165) is 45.3 Å². The predicted molar refractivity (Wildman–Crippen MR) is 69.1 cm³/mol. The maximum Gasteiger partial charge on any atom is 0.234 e. The summed E-state index contributed by atoms with van der Waals surface area (Å²) in [6.45, 7) is 5.90. The first-order valence-electron chi connectivity index (χ1n) is 6.99. The Morgan fingerprint density at radius 1 is 1.33 bits per heavy atom. The Morgan fingerprint density at radius 2 is 2.06 bits per heavy atom. The lowest BCUT2D eigenvalue weighted by molar-refractivity contribution is -0.131. The van der Waals surface area contributed by atoms with Crippen LogP contribution in [0.2, 0.25) is 0 Å². The zero-order valence-corrected chi connectivity index (χ0v) is 11.2. The Balaban J connectivity index is 1.74. The van der Waals surface area contributed by atoms with Crippen molar-refractivity contribution < 1.29 is 9.59 Å². The van der Waals surface area contributed by atoms with E-state index in [4.69, 9.17) is 0 Å². The van der Waals surface area contributed by atoms with Gasteiger partial charge in [-0.05, 0) is 26.2 Å². The molecule has 0 aromatic carbocycles. The van der Waals surface area contributed by atoms with Gasteiger partial charge in [-0.15, -0.1) is 0 Å². The van der Waals surface area contributed by atoms with E-state index in [1.807, 2.05) is 11.8 Å². The molecule has 1 N–H and O–H groups in total. The average molecular weight is 253 g/mol. The van der Waals surface area contributed by atoms with Crippen molar-refractivity contribution in [1.82, 2.24) is 15.1 Å². The van der Waals surface area contributed by atoms with Gasteiger partial charge in [-0.25, -0.2) is 0 Å². The molecule has 5 heteroatoms. The molecule has 0 bridgehead atoms. The van der Waals surface area contributed by atoms with Gasteiger partial charge >= 0.3 is 0 Å². The Bertz CT molecular complexity index is 311. The molecule has 2 rings (SSSR count). The van der Waals surface area contributed by atoms with Crippen molar-refractivity contribution in [2.24, 2.45) is 0 Å². The van der Waals surface area contributed by atoms with Gasteiger partial charge in [0.05, 0.1) is 6.54 Å². The minimum Gasteiger partial charge on any atom is -0.355 e. The Hall–Kier alpha value is -1.10. The van der Waals surface area contributed by atoms with E-state index in [1.54, 1.807) is 0 Å². The molecule has 2 saturated heterocycles. The van der Waals surface area contributed by atoms with Crippen LogP contribution in [0.3, 0.4) is 0 Å². The fraction of sp³-hybridized carbons (Fsp3) is 0.846. The van der Waals surface area contributed by atoms with Gasteiger partial charge in [0.15, 0.2) is 0 Å². The summed E-state index contributed by atoms with van der Waals surface area (Å²) < 4.78 is 0. The highest BCUT2D eigenvalue weighted by Gasteiger charge is 2.30. The van der Waals surface area contributed by atoms with E-state index in [0.29, 0.717) is 25.0 Å². The van der Waals surface area contributed by atoms with E-state index in [9.17, 15) is 9.59 Å². The monoisotopic (exact) mass is 253 g/mol. The second-order valence-corrected chi connectivity index (χ2v) is 5.15. The third-order valence-electron chi connectivity index (χ3n) is 3.85. The number of hydrogen-bond donors (Lipinski definition) is 1. The summed E-state index contributed by atoms with van der Waals surface area (Å²) in [6, 6.07) is 0.408. The quantitative estimate of drug-likeness (QED) is 0.779. The standard InChI is InChI=1S/C13H23N3O2/c1-2-14-12(17)10-15-8-5-11(6-9-15)16-7-3-4-13(16)18/h11H,2-10H2,1H3,(H,14,17). The van der Waals surface area contributed by atoms with Crippen molar-refractivity contribution in [3.8, 4) is 0 Å². The predicted octanol–water partition coefficient (Wildman–Crippen LogP) is 0.209. The molecule has 2 heterocycles. The number of amides is 2. The molecule has 2 fully saturated rings. The summed E-state index contributed by atoms with van der Waals surface area (Å²) in [6.07, 6.45) is 3.74. The molecule has 0 spiro atoms. The number of rotatable bonds is 4. The summed E-state index contributed by atoms with van der Waals surface area (Å²) in [5, 5.41) is 2.82. The number of nitrogens with zero attached hydrogens (tertiary/aromatic N) is 2. The van der Waals surface area contributed by atoms with Crippen molar-refractivity contribution in [2.45, 2.75) is 38.6 Å². The lowest BCUT2D eigenvalue weighted by atomic mass is 10.0. The van der Waals surface area contributed by atoms with E-state index >= 15 is 0 Å². The van der Waals surface area contributed by atoms with Crippen LogP contribution in [0.4, 0.5) is 0 Å². The van der Waals surface area contributed by atoms with Crippen LogP contribution in [0.25, 0.3) is 0 Å². The van der Waals surface area contributed by atoms with Gasteiger partial charge < -0.3 is 10.2 Å². The van der Waals surface area contributed by atoms with Crippen LogP contribution in [-0.4, -0.2) is 60.4 Å². The van der Waals surface area contributed by atoms with Gasteiger partial charge in [-0.3, -0.25) is 14.5 Å². The summed E-state index contributed by atoms with van der Waals surface area (Å²) >= 11 is 0. The molecule has 2 aliphatic rings. The largest absolute Gasteiger partial charge is 0.355 e. The molecule has 0 aromatic rings. The summed E-state index contributed by atoms with van der Waals surface area (Å²) in [5.41, 5.74) is 0. The number of hydrogen-bond acceptors (Lipinski definition) is 3. The average Bonchev–Trinajstić information content (AvgIpc) is 2.77. The van der Waals surface area contributed by atoms with Crippen molar-refractivity contribution in [1.29, 1.82) is 0 Å². The third-order valence-corrected chi connectivity index (χ3v) is 3.85. The van der Waals surface area contributed by atoms with E-state index < -0.39 is 0 Å². The molecular formula is C13H23N3O2. The van der Waals surface area contributed by atoms with Crippen LogP contribution >= 0.6 is 0 Å². The molecule has 0 unspecified atom stereocenters. The van der Waals surface area contributed by atoms with E-state index in [1.165, 1.54) is 0 Å². The highest BCUT2D eigenvalue weighted by atomic mass is 16.2.